The minimum atomic E-state index is -0.309. The van der Waals surface area contributed by atoms with Gasteiger partial charge in [-0.1, -0.05) is 25.0 Å². The van der Waals surface area contributed by atoms with E-state index in [4.69, 9.17) is 0 Å². The number of piperidine rings is 1. The first-order valence-electron chi connectivity index (χ1n) is 10.4. The minimum absolute atomic E-state index is 0.0104. The summed E-state index contributed by atoms with van der Waals surface area (Å²) in [5, 5.41) is 7.78. The van der Waals surface area contributed by atoms with Gasteiger partial charge in [-0.15, -0.1) is 0 Å². The highest BCUT2D eigenvalue weighted by Crippen LogP contribution is 2.33. The van der Waals surface area contributed by atoms with Crippen molar-refractivity contribution < 1.29 is 9.18 Å². The van der Waals surface area contributed by atoms with Crippen molar-refractivity contribution in [2.45, 2.75) is 63.1 Å². The van der Waals surface area contributed by atoms with Gasteiger partial charge in [0.15, 0.2) is 5.82 Å². The summed E-state index contributed by atoms with van der Waals surface area (Å²) < 4.78 is 15.3. The number of fused-ring (bicyclic) bond motifs is 1. The van der Waals surface area contributed by atoms with Crippen LogP contribution in [0.2, 0.25) is 0 Å². The molecule has 1 aliphatic carbocycles. The molecule has 1 spiro atoms. The van der Waals surface area contributed by atoms with Crippen molar-refractivity contribution in [2.75, 3.05) is 13.1 Å². The predicted molar refractivity (Wildman–Crippen MR) is 103 cm³/mol. The number of hydrogen-bond acceptors (Lipinski definition) is 4. The Balaban J connectivity index is 1.38. The van der Waals surface area contributed by atoms with Crippen molar-refractivity contribution in [3.8, 4) is 11.4 Å². The molecule has 0 atom stereocenters. The van der Waals surface area contributed by atoms with E-state index < -0.39 is 0 Å². The molecule has 7 heteroatoms. The van der Waals surface area contributed by atoms with Gasteiger partial charge in [0.25, 0.3) is 0 Å². The summed E-state index contributed by atoms with van der Waals surface area (Å²) in [7, 11) is 0. The van der Waals surface area contributed by atoms with Gasteiger partial charge in [0.2, 0.25) is 5.91 Å². The van der Waals surface area contributed by atoms with E-state index in [1.807, 2.05) is 0 Å². The number of halogens is 1. The first kappa shape index (κ1) is 17.8. The predicted octanol–water partition coefficient (Wildman–Crippen LogP) is 2.53. The molecule has 3 heterocycles. The van der Waals surface area contributed by atoms with Crippen molar-refractivity contribution in [1.82, 2.24) is 25.0 Å². The quantitative estimate of drug-likeness (QED) is 0.866. The Hall–Kier alpha value is -2.28. The molecule has 0 radical (unpaired) electrons. The van der Waals surface area contributed by atoms with Crippen LogP contribution in [0.3, 0.4) is 0 Å². The maximum Gasteiger partial charge on any atom is 0.242 e. The molecule has 1 saturated carbocycles. The normalized spacial score (nSPS) is 22.8. The lowest BCUT2D eigenvalue weighted by Gasteiger charge is -2.43. The zero-order valence-electron chi connectivity index (χ0n) is 16.0. The van der Waals surface area contributed by atoms with Crippen molar-refractivity contribution in [3.05, 3.63) is 35.9 Å². The van der Waals surface area contributed by atoms with Crippen LogP contribution in [0.5, 0.6) is 0 Å². The molecule has 1 N–H and O–H groups in total. The molecule has 0 bridgehead atoms. The lowest BCUT2D eigenvalue weighted by atomic mass is 9.83. The number of carbonyl (C=O) groups is 1. The maximum atomic E-state index is 13.6. The molecule has 1 saturated heterocycles. The Morgan fingerprint density at radius 1 is 1.18 bits per heavy atom. The van der Waals surface area contributed by atoms with Crippen molar-refractivity contribution >= 4 is 5.91 Å². The molecule has 1 aromatic heterocycles. The van der Waals surface area contributed by atoms with Crippen LogP contribution >= 0.6 is 0 Å². The van der Waals surface area contributed by atoms with Crippen molar-refractivity contribution in [2.24, 2.45) is 0 Å². The number of rotatable bonds is 2. The fourth-order valence-electron chi connectivity index (χ4n) is 5.09. The summed E-state index contributed by atoms with van der Waals surface area (Å²) >= 11 is 0. The number of aromatic nitrogens is 3. The van der Waals surface area contributed by atoms with Crippen LogP contribution < -0.4 is 5.32 Å². The summed E-state index contributed by atoms with van der Waals surface area (Å²) in [6.45, 7) is 2.22. The highest BCUT2D eigenvalue weighted by atomic mass is 19.1. The van der Waals surface area contributed by atoms with E-state index in [0.717, 1.165) is 37.8 Å². The van der Waals surface area contributed by atoms with E-state index in [1.54, 1.807) is 16.8 Å². The smallest absolute Gasteiger partial charge is 0.242 e. The van der Waals surface area contributed by atoms with E-state index in [9.17, 15) is 9.18 Å². The van der Waals surface area contributed by atoms with Crippen LogP contribution in [0.4, 0.5) is 4.39 Å². The average molecular weight is 383 g/mol. The topological polar surface area (TPSA) is 63.1 Å². The second-order valence-electron chi connectivity index (χ2n) is 8.50. The van der Waals surface area contributed by atoms with Crippen LogP contribution in [-0.4, -0.2) is 50.2 Å². The zero-order valence-corrected chi connectivity index (χ0v) is 16.0. The van der Waals surface area contributed by atoms with Gasteiger partial charge in [-0.2, -0.15) is 5.10 Å². The van der Waals surface area contributed by atoms with Crippen LogP contribution in [0.25, 0.3) is 11.4 Å². The molecule has 148 valence electrons. The number of hydrogen-bond donors (Lipinski definition) is 1. The van der Waals surface area contributed by atoms with E-state index >= 15 is 0 Å². The maximum absolute atomic E-state index is 13.6. The molecule has 2 aromatic rings. The van der Waals surface area contributed by atoms with Crippen LogP contribution in [0, 0.1) is 5.82 Å². The SMILES string of the molecule is O=C1Cn2nc(-c3cccc(F)c3)nc2CC2(CCN(C3CCCC3)CC2)N1. The van der Waals surface area contributed by atoms with Crippen LogP contribution in [-0.2, 0) is 17.8 Å². The lowest BCUT2D eigenvalue weighted by molar-refractivity contribution is -0.124. The molecule has 3 aliphatic rings. The highest BCUT2D eigenvalue weighted by molar-refractivity contribution is 5.77. The van der Waals surface area contributed by atoms with Gasteiger partial charge in [0, 0.05) is 36.7 Å². The van der Waals surface area contributed by atoms with Gasteiger partial charge in [0.05, 0.1) is 0 Å². The average Bonchev–Trinajstić information content (AvgIpc) is 3.31. The van der Waals surface area contributed by atoms with Crippen LogP contribution in [0.1, 0.15) is 44.3 Å². The summed E-state index contributed by atoms with van der Waals surface area (Å²) in [6.07, 6.45) is 7.87. The largest absolute Gasteiger partial charge is 0.349 e. The lowest BCUT2D eigenvalue weighted by Crippen LogP contribution is -2.57. The molecule has 1 aromatic carbocycles. The van der Waals surface area contributed by atoms with E-state index in [-0.39, 0.29) is 23.8 Å². The van der Waals surface area contributed by atoms with Crippen LogP contribution in [0.15, 0.2) is 24.3 Å². The molecule has 1 amide bonds. The van der Waals surface area contributed by atoms with Crippen molar-refractivity contribution in [1.29, 1.82) is 0 Å². The van der Waals surface area contributed by atoms with Gasteiger partial charge in [-0.05, 0) is 37.8 Å². The first-order valence-corrected chi connectivity index (χ1v) is 10.4. The fourth-order valence-corrected chi connectivity index (χ4v) is 5.09. The number of nitrogens with one attached hydrogen (secondary N) is 1. The fraction of sp³-hybridized carbons (Fsp3) is 0.571. The number of carbonyl (C=O) groups excluding carboxylic acids is 1. The Bertz CT molecular complexity index is 881. The number of likely N-dealkylation sites (tertiary alicyclic amines) is 1. The summed E-state index contributed by atoms with van der Waals surface area (Å²) in [6, 6.07) is 7.02. The molecule has 0 unspecified atom stereocenters. The summed E-state index contributed by atoms with van der Waals surface area (Å²) in [4.78, 5) is 19.9. The molecular weight excluding hydrogens is 357 g/mol. The Morgan fingerprint density at radius 3 is 2.71 bits per heavy atom. The Kier molecular flexibility index (Phi) is 4.42. The standard InChI is InChI=1S/C21H26FN5O/c22-16-5-3-4-15(12-16)20-23-18-13-21(24-19(28)14-27(18)25-20)8-10-26(11-9-21)17-6-1-2-7-17/h3-5,12,17H,1-2,6-11,13-14H2,(H,24,28). The van der Waals surface area contributed by atoms with E-state index in [2.05, 4.69) is 20.3 Å². The first-order chi connectivity index (χ1) is 13.6. The Labute approximate surface area is 164 Å². The third-order valence-electron chi connectivity index (χ3n) is 6.62. The van der Waals surface area contributed by atoms with Gasteiger partial charge >= 0.3 is 0 Å². The molecule has 5 rings (SSSR count). The van der Waals surface area contributed by atoms with E-state index in [0.29, 0.717) is 17.8 Å². The highest BCUT2D eigenvalue weighted by Gasteiger charge is 2.41. The number of benzene rings is 1. The Morgan fingerprint density at radius 2 is 1.96 bits per heavy atom. The molecule has 6 nitrogen and oxygen atoms in total. The third-order valence-corrected chi connectivity index (χ3v) is 6.62. The third kappa shape index (κ3) is 3.32. The molecule has 28 heavy (non-hydrogen) atoms. The molecule has 2 aliphatic heterocycles. The molecular formula is C21H26FN5O. The minimum Gasteiger partial charge on any atom is -0.349 e. The van der Waals surface area contributed by atoms with E-state index in [1.165, 1.54) is 37.8 Å². The second kappa shape index (κ2) is 6.95. The number of nitrogens with zero attached hydrogens (tertiary/aromatic N) is 4. The number of amides is 1. The van der Waals surface area contributed by atoms with Gasteiger partial charge in [-0.3, -0.25) is 4.79 Å². The zero-order chi connectivity index (χ0) is 19.1. The summed E-state index contributed by atoms with van der Waals surface area (Å²) in [5.74, 6) is 0.981. The van der Waals surface area contributed by atoms with Crippen molar-refractivity contribution in [3.63, 3.8) is 0 Å². The summed E-state index contributed by atoms with van der Waals surface area (Å²) in [5.41, 5.74) is 0.401. The van der Waals surface area contributed by atoms with Gasteiger partial charge in [0.1, 0.15) is 18.2 Å². The van der Waals surface area contributed by atoms with Gasteiger partial charge in [-0.25, -0.2) is 14.1 Å². The second-order valence-corrected chi connectivity index (χ2v) is 8.50. The van der Waals surface area contributed by atoms with Gasteiger partial charge < -0.3 is 10.2 Å². The monoisotopic (exact) mass is 383 g/mol. The molecule has 2 fully saturated rings.